The second-order valence-electron chi connectivity index (χ2n) is 8.79. The SMILES string of the molecule is O=C(CCc1nc2ccccc2n1-c1ccccc1)NC1CCN(Cc2ccccc2)CC1. The van der Waals surface area contributed by atoms with Crippen molar-refractivity contribution in [2.45, 2.75) is 38.3 Å². The second-order valence-corrected chi connectivity index (χ2v) is 8.79. The molecule has 0 saturated carbocycles. The van der Waals surface area contributed by atoms with Crippen LogP contribution in [0.15, 0.2) is 84.9 Å². The fraction of sp³-hybridized carbons (Fsp3) is 0.286. The van der Waals surface area contributed by atoms with E-state index >= 15 is 0 Å². The first kappa shape index (κ1) is 21.4. The summed E-state index contributed by atoms with van der Waals surface area (Å²) in [6.07, 6.45) is 3.06. The molecular formula is C28H30N4O. The van der Waals surface area contributed by atoms with Gasteiger partial charge in [0.25, 0.3) is 0 Å². The van der Waals surface area contributed by atoms with Crippen LogP contribution in [-0.2, 0) is 17.8 Å². The summed E-state index contributed by atoms with van der Waals surface area (Å²) in [7, 11) is 0. The van der Waals surface area contributed by atoms with Gasteiger partial charge in [-0.1, -0.05) is 60.7 Å². The zero-order chi connectivity index (χ0) is 22.5. The van der Waals surface area contributed by atoms with Crippen LogP contribution in [-0.4, -0.2) is 39.5 Å². The molecule has 0 bridgehead atoms. The predicted molar refractivity (Wildman–Crippen MR) is 132 cm³/mol. The number of nitrogens with one attached hydrogen (secondary N) is 1. The normalized spacial score (nSPS) is 15.0. The van der Waals surface area contributed by atoms with Crippen LogP contribution in [0.1, 0.15) is 30.7 Å². The van der Waals surface area contributed by atoms with Gasteiger partial charge in [0.15, 0.2) is 0 Å². The first-order chi connectivity index (χ1) is 16.3. The number of nitrogens with zero attached hydrogens (tertiary/aromatic N) is 3. The summed E-state index contributed by atoms with van der Waals surface area (Å²) in [6, 6.07) is 29.3. The average molecular weight is 439 g/mol. The third-order valence-electron chi connectivity index (χ3n) is 6.42. The molecule has 1 fully saturated rings. The van der Waals surface area contributed by atoms with E-state index in [0.717, 1.165) is 55.0 Å². The van der Waals surface area contributed by atoms with Crippen LogP contribution in [0.2, 0.25) is 0 Å². The maximum atomic E-state index is 12.8. The lowest BCUT2D eigenvalue weighted by molar-refractivity contribution is -0.122. The van der Waals surface area contributed by atoms with Crippen molar-refractivity contribution in [3.05, 3.63) is 96.3 Å². The van der Waals surface area contributed by atoms with E-state index in [0.29, 0.717) is 12.8 Å². The third-order valence-corrected chi connectivity index (χ3v) is 6.42. The Bertz CT molecular complexity index is 1190. The second kappa shape index (κ2) is 10.0. The topological polar surface area (TPSA) is 50.2 Å². The Balaban J connectivity index is 1.18. The van der Waals surface area contributed by atoms with Gasteiger partial charge >= 0.3 is 0 Å². The minimum atomic E-state index is 0.114. The van der Waals surface area contributed by atoms with Crippen molar-refractivity contribution >= 4 is 16.9 Å². The predicted octanol–water partition coefficient (Wildman–Crippen LogP) is 4.74. The van der Waals surface area contributed by atoms with E-state index < -0.39 is 0 Å². The van der Waals surface area contributed by atoms with E-state index in [1.807, 2.05) is 36.4 Å². The first-order valence-corrected chi connectivity index (χ1v) is 11.8. The smallest absolute Gasteiger partial charge is 0.220 e. The summed E-state index contributed by atoms with van der Waals surface area (Å²) in [4.78, 5) is 20.1. The summed E-state index contributed by atoms with van der Waals surface area (Å²) in [5.41, 5.74) is 4.46. The molecule has 5 nitrogen and oxygen atoms in total. The lowest BCUT2D eigenvalue weighted by atomic mass is 10.0. The fourth-order valence-corrected chi connectivity index (χ4v) is 4.71. The number of hydrogen-bond donors (Lipinski definition) is 1. The molecule has 5 heteroatoms. The van der Waals surface area contributed by atoms with Crippen molar-refractivity contribution in [2.75, 3.05) is 13.1 Å². The number of fused-ring (bicyclic) bond motifs is 1. The molecule has 1 amide bonds. The van der Waals surface area contributed by atoms with E-state index in [2.05, 4.69) is 63.3 Å². The quantitative estimate of drug-likeness (QED) is 0.453. The maximum Gasteiger partial charge on any atom is 0.220 e. The van der Waals surface area contributed by atoms with Crippen molar-refractivity contribution in [1.82, 2.24) is 19.8 Å². The first-order valence-electron chi connectivity index (χ1n) is 11.8. The van der Waals surface area contributed by atoms with Crippen LogP contribution < -0.4 is 5.32 Å². The number of likely N-dealkylation sites (tertiary alicyclic amines) is 1. The number of hydrogen-bond acceptors (Lipinski definition) is 3. The molecule has 1 aliphatic rings. The van der Waals surface area contributed by atoms with Crippen molar-refractivity contribution < 1.29 is 4.79 Å². The highest BCUT2D eigenvalue weighted by molar-refractivity contribution is 5.79. The lowest BCUT2D eigenvalue weighted by Crippen LogP contribution is -2.44. The van der Waals surface area contributed by atoms with Gasteiger partial charge in [0.1, 0.15) is 5.82 Å². The molecule has 0 spiro atoms. The van der Waals surface area contributed by atoms with Gasteiger partial charge in [-0.25, -0.2) is 4.98 Å². The number of rotatable bonds is 7. The molecule has 4 aromatic rings. The molecule has 5 rings (SSSR count). The number of carbonyl (C=O) groups excluding carboxylic acids is 1. The Morgan fingerprint density at radius 3 is 2.30 bits per heavy atom. The van der Waals surface area contributed by atoms with Crippen LogP contribution in [0.3, 0.4) is 0 Å². The number of para-hydroxylation sites is 3. The molecule has 3 aromatic carbocycles. The molecule has 2 heterocycles. The van der Waals surface area contributed by atoms with Crippen molar-refractivity contribution in [3.63, 3.8) is 0 Å². The fourth-order valence-electron chi connectivity index (χ4n) is 4.71. The third kappa shape index (κ3) is 5.15. The minimum Gasteiger partial charge on any atom is -0.353 e. The Morgan fingerprint density at radius 1 is 0.879 bits per heavy atom. The van der Waals surface area contributed by atoms with Gasteiger partial charge in [0.05, 0.1) is 11.0 Å². The molecule has 1 N–H and O–H groups in total. The standard InChI is InChI=1S/C28H30N4O/c33-28(29-23-17-19-31(20-18-23)21-22-9-3-1-4-10-22)16-15-27-30-25-13-7-8-14-26(25)32(27)24-11-5-2-6-12-24/h1-14,23H,15-21H2,(H,29,33). The number of benzene rings is 3. The van der Waals surface area contributed by atoms with Crippen LogP contribution >= 0.6 is 0 Å². The highest BCUT2D eigenvalue weighted by Crippen LogP contribution is 2.22. The number of piperidine rings is 1. The van der Waals surface area contributed by atoms with Crippen LogP contribution in [0, 0.1) is 0 Å². The van der Waals surface area contributed by atoms with Gasteiger partial charge in [-0.3, -0.25) is 14.3 Å². The van der Waals surface area contributed by atoms with Crippen molar-refractivity contribution in [2.24, 2.45) is 0 Å². The largest absolute Gasteiger partial charge is 0.353 e. The summed E-state index contributed by atoms with van der Waals surface area (Å²) >= 11 is 0. The summed E-state index contributed by atoms with van der Waals surface area (Å²) in [5.74, 6) is 1.04. The molecule has 1 aliphatic heterocycles. The number of aromatic nitrogens is 2. The van der Waals surface area contributed by atoms with E-state index in [4.69, 9.17) is 4.98 Å². The molecule has 33 heavy (non-hydrogen) atoms. The Hall–Kier alpha value is -3.44. The van der Waals surface area contributed by atoms with E-state index in [1.54, 1.807) is 0 Å². The highest BCUT2D eigenvalue weighted by atomic mass is 16.1. The molecule has 0 radical (unpaired) electrons. The van der Waals surface area contributed by atoms with Crippen molar-refractivity contribution in [3.8, 4) is 5.69 Å². The van der Waals surface area contributed by atoms with E-state index in [-0.39, 0.29) is 11.9 Å². The van der Waals surface area contributed by atoms with Gasteiger partial charge in [-0.05, 0) is 42.7 Å². The number of imidazole rings is 1. The monoisotopic (exact) mass is 438 g/mol. The number of carbonyl (C=O) groups is 1. The van der Waals surface area contributed by atoms with Crippen LogP contribution in [0.5, 0.6) is 0 Å². The van der Waals surface area contributed by atoms with Gasteiger partial charge in [0.2, 0.25) is 5.91 Å². The van der Waals surface area contributed by atoms with Gasteiger partial charge in [-0.2, -0.15) is 0 Å². The maximum absolute atomic E-state index is 12.8. The molecule has 168 valence electrons. The van der Waals surface area contributed by atoms with Crippen LogP contribution in [0.4, 0.5) is 0 Å². The zero-order valence-corrected chi connectivity index (χ0v) is 18.9. The summed E-state index contributed by atoms with van der Waals surface area (Å²) in [5, 5.41) is 3.26. The van der Waals surface area contributed by atoms with Crippen molar-refractivity contribution in [1.29, 1.82) is 0 Å². The van der Waals surface area contributed by atoms with Crippen LogP contribution in [0.25, 0.3) is 16.7 Å². The average Bonchev–Trinajstić information content (AvgIpc) is 3.24. The van der Waals surface area contributed by atoms with E-state index in [9.17, 15) is 4.79 Å². The molecule has 1 saturated heterocycles. The Labute approximate surface area is 195 Å². The minimum absolute atomic E-state index is 0.114. The Kier molecular flexibility index (Phi) is 6.49. The Morgan fingerprint density at radius 2 is 1.55 bits per heavy atom. The summed E-state index contributed by atoms with van der Waals surface area (Å²) < 4.78 is 2.17. The van der Waals surface area contributed by atoms with Gasteiger partial charge in [0, 0.05) is 44.2 Å². The molecule has 0 atom stereocenters. The summed E-state index contributed by atoms with van der Waals surface area (Å²) in [6.45, 7) is 3.02. The molecule has 0 aliphatic carbocycles. The molecular weight excluding hydrogens is 408 g/mol. The zero-order valence-electron chi connectivity index (χ0n) is 18.9. The number of amides is 1. The molecule has 0 unspecified atom stereocenters. The van der Waals surface area contributed by atoms with Gasteiger partial charge in [-0.15, -0.1) is 0 Å². The lowest BCUT2D eigenvalue weighted by Gasteiger charge is -2.32. The van der Waals surface area contributed by atoms with E-state index in [1.165, 1.54) is 5.56 Å². The van der Waals surface area contributed by atoms with Gasteiger partial charge < -0.3 is 5.32 Å². The molecule has 1 aromatic heterocycles. The number of aryl methyl sites for hydroxylation is 1. The highest BCUT2D eigenvalue weighted by Gasteiger charge is 2.21.